The number of esters is 2. The number of rotatable bonds is 2. The van der Waals surface area contributed by atoms with Gasteiger partial charge in [0, 0.05) is 0 Å². The van der Waals surface area contributed by atoms with Crippen LogP contribution in [-0.4, -0.2) is 43.2 Å². The van der Waals surface area contributed by atoms with Gasteiger partial charge in [0.05, 0.1) is 14.2 Å². The maximum Gasteiger partial charge on any atom is 0.340 e. The van der Waals surface area contributed by atoms with E-state index in [1.54, 1.807) is 0 Å². The molecule has 0 aromatic rings. The van der Waals surface area contributed by atoms with Crippen LogP contribution >= 0.6 is 0 Å². The van der Waals surface area contributed by atoms with Crippen molar-refractivity contribution in [2.24, 2.45) is 0 Å². The molecule has 15 heavy (non-hydrogen) atoms. The molecular weight excluding hydrogens is 206 g/mol. The normalized spacial score (nSPS) is 19.9. The number of amides is 1. The third kappa shape index (κ3) is 1.76. The van der Waals surface area contributed by atoms with Gasteiger partial charge >= 0.3 is 11.9 Å². The monoisotopic (exact) mass is 215 g/mol. The molecular formula is C8H9NO6. The topological polar surface area (TPSA) is 102 Å². The van der Waals surface area contributed by atoms with Crippen LogP contribution in [0.3, 0.4) is 0 Å². The predicted octanol–water partition coefficient (Wildman–Crippen LogP) is -1.36. The Labute approximate surface area is 84.7 Å². The third-order valence-electron chi connectivity index (χ3n) is 1.88. The van der Waals surface area contributed by atoms with Gasteiger partial charge < -0.3 is 19.9 Å². The molecule has 7 heteroatoms. The first-order valence-corrected chi connectivity index (χ1v) is 3.93. The number of methoxy groups -OCH3 is 2. The Morgan fingerprint density at radius 1 is 1.33 bits per heavy atom. The first-order chi connectivity index (χ1) is 7.02. The van der Waals surface area contributed by atoms with Crippen molar-refractivity contribution in [3.63, 3.8) is 0 Å². The molecule has 0 bridgehead atoms. The van der Waals surface area contributed by atoms with Crippen molar-refractivity contribution in [1.29, 1.82) is 0 Å². The summed E-state index contributed by atoms with van der Waals surface area (Å²) in [5.41, 5.74) is -0.436. The number of hydrogen-bond donors (Lipinski definition) is 2. The van der Waals surface area contributed by atoms with Crippen LogP contribution in [0.25, 0.3) is 0 Å². The molecule has 2 N–H and O–H groups in total. The summed E-state index contributed by atoms with van der Waals surface area (Å²) in [5.74, 6) is -3.54. The minimum Gasteiger partial charge on any atom is -0.503 e. The molecule has 0 radical (unpaired) electrons. The van der Waals surface area contributed by atoms with E-state index in [0.717, 1.165) is 14.2 Å². The molecule has 0 saturated heterocycles. The van der Waals surface area contributed by atoms with Crippen molar-refractivity contribution in [1.82, 2.24) is 5.32 Å². The fraction of sp³-hybridized carbons (Fsp3) is 0.375. The molecule has 1 aliphatic rings. The molecule has 0 unspecified atom stereocenters. The summed E-state index contributed by atoms with van der Waals surface area (Å²) in [7, 11) is 2.17. The van der Waals surface area contributed by atoms with Gasteiger partial charge in [-0.25, -0.2) is 9.59 Å². The molecule has 1 rings (SSSR count). The molecule has 1 amide bonds. The van der Waals surface area contributed by atoms with Gasteiger partial charge in [0.2, 0.25) is 0 Å². The zero-order valence-corrected chi connectivity index (χ0v) is 8.07. The van der Waals surface area contributed by atoms with Crippen molar-refractivity contribution < 1.29 is 29.0 Å². The number of aliphatic hydroxyl groups is 1. The van der Waals surface area contributed by atoms with Crippen molar-refractivity contribution >= 4 is 17.8 Å². The Hall–Kier alpha value is -2.05. The molecule has 0 spiro atoms. The average Bonchev–Trinajstić information content (AvgIpc) is 2.53. The lowest BCUT2D eigenvalue weighted by molar-refractivity contribution is -0.145. The summed E-state index contributed by atoms with van der Waals surface area (Å²) in [4.78, 5) is 33.3. The lowest BCUT2D eigenvalue weighted by Gasteiger charge is -2.09. The van der Waals surface area contributed by atoms with Crippen molar-refractivity contribution in [3.05, 3.63) is 11.3 Å². The van der Waals surface area contributed by atoms with Crippen LogP contribution in [-0.2, 0) is 23.9 Å². The number of aliphatic hydroxyl groups excluding tert-OH is 1. The lowest BCUT2D eigenvalue weighted by atomic mass is 10.1. The molecule has 0 aromatic carbocycles. The minimum absolute atomic E-state index is 0.436. The molecule has 0 fully saturated rings. The highest BCUT2D eigenvalue weighted by molar-refractivity contribution is 6.11. The molecule has 1 atom stereocenters. The zero-order chi connectivity index (χ0) is 11.6. The van der Waals surface area contributed by atoms with Crippen molar-refractivity contribution in [3.8, 4) is 0 Å². The Morgan fingerprint density at radius 3 is 2.40 bits per heavy atom. The van der Waals surface area contributed by atoms with Crippen LogP contribution in [0.2, 0.25) is 0 Å². The van der Waals surface area contributed by atoms with Crippen molar-refractivity contribution in [2.75, 3.05) is 14.2 Å². The molecule has 0 aliphatic carbocycles. The lowest BCUT2D eigenvalue weighted by Crippen LogP contribution is -2.38. The first kappa shape index (κ1) is 11.0. The van der Waals surface area contributed by atoms with Crippen LogP contribution in [0.15, 0.2) is 11.3 Å². The van der Waals surface area contributed by atoms with Gasteiger partial charge in [-0.15, -0.1) is 0 Å². The summed E-state index contributed by atoms with van der Waals surface area (Å²) in [6.45, 7) is 0. The highest BCUT2D eigenvalue weighted by atomic mass is 16.5. The Balaban J connectivity index is 3.08. The smallest absolute Gasteiger partial charge is 0.340 e. The van der Waals surface area contributed by atoms with E-state index in [1.807, 2.05) is 0 Å². The highest BCUT2D eigenvalue weighted by Gasteiger charge is 2.41. The number of ether oxygens (including phenoxy) is 2. The van der Waals surface area contributed by atoms with E-state index in [-0.39, 0.29) is 0 Å². The molecule has 0 aromatic heterocycles. The fourth-order valence-electron chi connectivity index (χ4n) is 1.15. The quantitative estimate of drug-likeness (QED) is 0.552. The van der Waals surface area contributed by atoms with Crippen LogP contribution in [0.4, 0.5) is 0 Å². The fourth-order valence-corrected chi connectivity index (χ4v) is 1.15. The predicted molar refractivity (Wildman–Crippen MR) is 45.6 cm³/mol. The van der Waals surface area contributed by atoms with Crippen LogP contribution in [0, 0.1) is 0 Å². The van der Waals surface area contributed by atoms with Crippen LogP contribution < -0.4 is 5.32 Å². The molecule has 82 valence electrons. The summed E-state index contributed by atoms with van der Waals surface area (Å²) in [6.07, 6.45) is 0. The second-order valence-electron chi connectivity index (χ2n) is 2.68. The molecule has 0 saturated carbocycles. The Kier molecular flexibility index (Phi) is 2.93. The van der Waals surface area contributed by atoms with E-state index in [4.69, 9.17) is 0 Å². The number of carbonyl (C=O) groups excluding carboxylic acids is 3. The van der Waals surface area contributed by atoms with Crippen molar-refractivity contribution in [2.45, 2.75) is 6.04 Å². The maximum atomic E-state index is 11.2. The molecule has 1 aliphatic heterocycles. The summed E-state index contributed by atoms with van der Waals surface area (Å²) < 4.78 is 8.67. The standard InChI is InChI=1S/C8H9NO6/c1-14-7(12)3-4(8(13)15-2)9-6(11)5(3)10/h4,10H,1-2H3,(H,9,11)/t4-/m1/s1. The molecule has 7 nitrogen and oxygen atoms in total. The van der Waals surface area contributed by atoms with E-state index in [0.29, 0.717) is 0 Å². The average molecular weight is 215 g/mol. The summed E-state index contributed by atoms with van der Waals surface area (Å²) in [6, 6.07) is -1.31. The van der Waals surface area contributed by atoms with Gasteiger partial charge in [0.15, 0.2) is 11.8 Å². The van der Waals surface area contributed by atoms with Crippen LogP contribution in [0.1, 0.15) is 0 Å². The van der Waals surface area contributed by atoms with Gasteiger partial charge in [-0.1, -0.05) is 0 Å². The number of carbonyl (C=O) groups is 3. The largest absolute Gasteiger partial charge is 0.503 e. The summed E-state index contributed by atoms with van der Waals surface area (Å²) >= 11 is 0. The number of nitrogens with one attached hydrogen (secondary N) is 1. The first-order valence-electron chi connectivity index (χ1n) is 3.93. The van der Waals surface area contributed by atoms with E-state index >= 15 is 0 Å². The van der Waals surface area contributed by atoms with Crippen LogP contribution in [0.5, 0.6) is 0 Å². The third-order valence-corrected chi connectivity index (χ3v) is 1.88. The van der Waals surface area contributed by atoms with Gasteiger partial charge in [0.1, 0.15) is 5.57 Å². The maximum absolute atomic E-state index is 11.2. The van der Waals surface area contributed by atoms with E-state index in [2.05, 4.69) is 14.8 Å². The second-order valence-corrected chi connectivity index (χ2v) is 2.68. The van der Waals surface area contributed by atoms with Gasteiger partial charge in [-0.2, -0.15) is 0 Å². The highest BCUT2D eigenvalue weighted by Crippen LogP contribution is 2.17. The van der Waals surface area contributed by atoms with Gasteiger partial charge in [-0.3, -0.25) is 4.79 Å². The summed E-state index contributed by atoms with van der Waals surface area (Å²) in [5, 5.41) is 11.3. The van der Waals surface area contributed by atoms with Gasteiger partial charge in [0.25, 0.3) is 5.91 Å². The van der Waals surface area contributed by atoms with E-state index in [9.17, 15) is 19.5 Å². The van der Waals surface area contributed by atoms with E-state index in [1.165, 1.54) is 0 Å². The zero-order valence-electron chi connectivity index (χ0n) is 8.07. The van der Waals surface area contributed by atoms with E-state index < -0.39 is 35.2 Å². The SMILES string of the molecule is COC(=O)C1=C(O)C(=O)N[C@H]1C(=O)OC. The second kappa shape index (κ2) is 3.99. The minimum atomic E-state index is -1.31. The Bertz CT molecular complexity index is 358. The molecule has 1 heterocycles. The van der Waals surface area contributed by atoms with Gasteiger partial charge in [-0.05, 0) is 0 Å². The Morgan fingerprint density at radius 2 is 1.93 bits per heavy atom. The number of hydrogen-bond acceptors (Lipinski definition) is 6.